The number of benzene rings is 2. The molecule has 9 heteroatoms. The van der Waals surface area contributed by atoms with Crippen LogP contribution < -0.4 is 20.1 Å². The Hall–Kier alpha value is -3.88. The summed E-state index contributed by atoms with van der Waals surface area (Å²) in [5, 5.41) is 10.3. The van der Waals surface area contributed by atoms with E-state index in [0.717, 1.165) is 0 Å². The van der Waals surface area contributed by atoms with Crippen molar-refractivity contribution in [2.24, 2.45) is 0 Å². The number of anilines is 2. The lowest BCUT2D eigenvalue weighted by Gasteiger charge is -2.29. The molecule has 0 radical (unpaired) electrons. The van der Waals surface area contributed by atoms with E-state index in [-0.39, 0.29) is 11.7 Å². The van der Waals surface area contributed by atoms with E-state index < -0.39 is 6.04 Å². The molecule has 4 rings (SSSR count). The molecule has 1 aliphatic heterocycles. The van der Waals surface area contributed by atoms with Gasteiger partial charge in [0.15, 0.2) is 0 Å². The van der Waals surface area contributed by atoms with Gasteiger partial charge in [0.05, 0.1) is 25.5 Å². The summed E-state index contributed by atoms with van der Waals surface area (Å²) in [6, 6.07) is 10.5. The number of amides is 1. The molecule has 3 aromatic rings. The Labute approximate surface area is 172 Å². The summed E-state index contributed by atoms with van der Waals surface area (Å²) < 4.78 is 25.7. The van der Waals surface area contributed by atoms with Crippen molar-refractivity contribution in [2.45, 2.75) is 13.0 Å². The molecule has 2 heterocycles. The Morgan fingerprint density at radius 2 is 1.93 bits per heavy atom. The number of aromatic nitrogens is 3. The molecule has 2 aromatic carbocycles. The molecule has 154 valence electrons. The van der Waals surface area contributed by atoms with Gasteiger partial charge in [-0.3, -0.25) is 4.79 Å². The molecule has 0 spiro atoms. The van der Waals surface area contributed by atoms with Gasteiger partial charge in [-0.1, -0.05) is 12.1 Å². The van der Waals surface area contributed by atoms with Crippen LogP contribution in [0.15, 0.2) is 60.1 Å². The van der Waals surface area contributed by atoms with Crippen LogP contribution in [-0.2, 0) is 4.79 Å². The van der Waals surface area contributed by atoms with Crippen molar-refractivity contribution in [1.82, 2.24) is 14.8 Å². The van der Waals surface area contributed by atoms with Crippen LogP contribution >= 0.6 is 0 Å². The molecule has 0 bridgehead atoms. The van der Waals surface area contributed by atoms with Crippen LogP contribution in [0, 0.1) is 5.82 Å². The highest BCUT2D eigenvalue weighted by Crippen LogP contribution is 2.36. The molecule has 1 aliphatic rings. The first-order chi connectivity index (χ1) is 14.5. The first-order valence-electron chi connectivity index (χ1n) is 9.18. The first-order valence-corrected chi connectivity index (χ1v) is 9.18. The number of methoxy groups -OCH3 is 2. The number of hydrogen-bond donors (Lipinski definition) is 2. The molecule has 0 saturated heterocycles. The van der Waals surface area contributed by atoms with Gasteiger partial charge in [0.1, 0.15) is 29.7 Å². The Bertz CT molecular complexity index is 1120. The summed E-state index contributed by atoms with van der Waals surface area (Å²) in [4.78, 5) is 17.6. The molecule has 0 fully saturated rings. The molecule has 1 atom stereocenters. The summed E-state index contributed by atoms with van der Waals surface area (Å²) in [6.45, 7) is 1.78. The van der Waals surface area contributed by atoms with Gasteiger partial charge in [0, 0.05) is 11.8 Å². The Morgan fingerprint density at radius 3 is 2.63 bits per heavy atom. The number of nitrogens with one attached hydrogen (secondary N) is 2. The van der Waals surface area contributed by atoms with Crippen molar-refractivity contribution in [1.29, 1.82) is 0 Å². The standard InChI is InChI=1S/C21H20FN5O3/c1-12-18(20(28)26-16-10-15(29-2)8-9-17(16)30-3)19(13-4-6-14(22)7-5-13)27-21(25-12)23-11-24-27/h4-11,19H,1-3H3,(H,26,28)(H,23,24,25)/t19-/m1/s1. The van der Waals surface area contributed by atoms with E-state index in [1.165, 1.54) is 25.6 Å². The number of allylic oxidation sites excluding steroid dienone is 1. The molecule has 1 amide bonds. The molecular formula is C21H20FN5O3. The Morgan fingerprint density at radius 1 is 1.17 bits per heavy atom. The second-order valence-electron chi connectivity index (χ2n) is 6.67. The fourth-order valence-corrected chi connectivity index (χ4v) is 3.44. The van der Waals surface area contributed by atoms with Crippen LogP contribution in [-0.4, -0.2) is 34.9 Å². The SMILES string of the molecule is COc1ccc(OC)c(NC(=O)C2=C(C)Nc3ncnn3[C@@H]2c2ccc(F)cc2)c1. The lowest BCUT2D eigenvalue weighted by Crippen LogP contribution is -2.31. The highest BCUT2D eigenvalue weighted by molar-refractivity contribution is 6.06. The van der Waals surface area contributed by atoms with Crippen LogP contribution in [0.5, 0.6) is 11.5 Å². The monoisotopic (exact) mass is 409 g/mol. The van der Waals surface area contributed by atoms with Crippen molar-refractivity contribution in [3.05, 3.63) is 71.4 Å². The molecule has 0 saturated carbocycles. The number of fused-ring (bicyclic) bond motifs is 1. The first kappa shape index (κ1) is 19.4. The zero-order valence-electron chi connectivity index (χ0n) is 16.6. The maximum absolute atomic E-state index is 13.5. The van der Waals surface area contributed by atoms with E-state index in [0.29, 0.717) is 40.0 Å². The maximum Gasteiger partial charge on any atom is 0.255 e. The van der Waals surface area contributed by atoms with Crippen molar-refractivity contribution < 1.29 is 18.7 Å². The van der Waals surface area contributed by atoms with E-state index in [9.17, 15) is 9.18 Å². The lowest BCUT2D eigenvalue weighted by atomic mass is 9.95. The number of ether oxygens (including phenoxy) is 2. The molecular weight excluding hydrogens is 389 g/mol. The fraction of sp³-hybridized carbons (Fsp3) is 0.190. The second-order valence-corrected chi connectivity index (χ2v) is 6.67. The molecule has 2 N–H and O–H groups in total. The average Bonchev–Trinajstić information content (AvgIpc) is 3.21. The van der Waals surface area contributed by atoms with Crippen LogP contribution in [0.3, 0.4) is 0 Å². The quantitative estimate of drug-likeness (QED) is 0.672. The number of carbonyl (C=O) groups excluding carboxylic acids is 1. The average molecular weight is 409 g/mol. The van der Waals surface area contributed by atoms with E-state index in [2.05, 4.69) is 20.7 Å². The summed E-state index contributed by atoms with van der Waals surface area (Å²) >= 11 is 0. The van der Waals surface area contributed by atoms with Gasteiger partial charge in [0.25, 0.3) is 5.91 Å². The lowest BCUT2D eigenvalue weighted by molar-refractivity contribution is -0.113. The second kappa shape index (κ2) is 7.86. The highest BCUT2D eigenvalue weighted by Gasteiger charge is 2.33. The third-order valence-electron chi connectivity index (χ3n) is 4.88. The van der Waals surface area contributed by atoms with Gasteiger partial charge in [-0.2, -0.15) is 10.1 Å². The number of nitrogens with zero attached hydrogens (tertiary/aromatic N) is 3. The van der Waals surface area contributed by atoms with Crippen LogP contribution in [0.1, 0.15) is 18.5 Å². The molecule has 0 unspecified atom stereocenters. The summed E-state index contributed by atoms with van der Waals surface area (Å²) in [7, 11) is 3.06. The van der Waals surface area contributed by atoms with Crippen molar-refractivity contribution in [3.63, 3.8) is 0 Å². The third-order valence-corrected chi connectivity index (χ3v) is 4.88. The molecule has 30 heavy (non-hydrogen) atoms. The van der Waals surface area contributed by atoms with Crippen molar-refractivity contribution in [2.75, 3.05) is 24.9 Å². The Balaban J connectivity index is 1.75. The minimum Gasteiger partial charge on any atom is -0.497 e. The van der Waals surface area contributed by atoms with Gasteiger partial charge in [0.2, 0.25) is 5.95 Å². The number of hydrogen-bond acceptors (Lipinski definition) is 6. The van der Waals surface area contributed by atoms with Gasteiger partial charge >= 0.3 is 0 Å². The number of halogens is 1. The third kappa shape index (κ3) is 3.45. The largest absolute Gasteiger partial charge is 0.497 e. The van der Waals surface area contributed by atoms with Crippen molar-refractivity contribution >= 4 is 17.5 Å². The predicted molar refractivity (Wildman–Crippen MR) is 109 cm³/mol. The van der Waals surface area contributed by atoms with Gasteiger partial charge in [-0.15, -0.1) is 0 Å². The van der Waals surface area contributed by atoms with Gasteiger partial charge in [-0.25, -0.2) is 9.07 Å². The molecule has 1 aromatic heterocycles. The molecule has 0 aliphatic carbocycles. The fourth-order valence-electron chi connectivity index (χ4n) is 3.44. The van der Waals surface area contributed by atoms with E-state index in [1.807, 2.05) is 0 Å². The van der Waals surface area contributed by atoms with E-state index >= 15 is 0 Å². The van der Waals surface area contributed by atoms with Crippen LogP contribution in [0.25, 0.3) is 0 Å². The minimum absolute atomic E-state index is 0.359. The van der Waals surface area contributed by atoms with Gasteiger partial charge < -0.3 is 20.1 Å². The highest BCUT2D eigenvalue weighted by atomic mass is 19.1. The molecule has 8 nitrogen and oxygen atoms in total. The normalized spacial score (nSPS) is 15.3. The Kier molecular flexibility index (Phi) is 5.09. The number of carbonyl (C=O) groups is 1. The van der Waals surface area contributed by atoms with Crippen molar-refractivity contribution in [3.8, 4) is 11.5 Å². The smallest absolute Gasteiger partial charge is 0.255 e. The zero-order chi connectivity index (χ0) is 21.3. The summed E-state index contributed by atoms with van der Waals surface area (Å²) in [5.41, 5.74) is 2.20. The van der Waals surface area contributed by atoms with Crippen LogP contribution in [0.2, 0.25) is 0 Å². The van der Waals surface area contributed by atoms with Crippen LogP contribution in [0.4, 0.5) is 16.0 Å². The summed E-state index contributed by atoms with van der Waals surface area (Å²) in [6.07, 6.45) is 1.40. The van der Waals surface area contributed by atoms with E-state index in [1.54, 1.807) is 49.0 Å². The topological polar surface area (TPSA) is 90.3 Å². The summed E-state index contributed by atoms with van der Waals surface area (Å²) in [5.74, 6) is 0.844. The zero-order valence-corrected chi connectivity index (χ0v) is 16.6. The maximum atomic E-state index is 13.5. The van der Waals surface area contributed by atoms with Gasteiger partial charge in [-0.05, 0) is 36.8 Å². The van der Waals surface area contributed by atoms with E-state index in [4.69, 9.17) is 9.47 Å². The predicted octanol–water partition coefficient (Wildman–Crippen LogP) is 3.36. The minimum atomic E-state index is -0.582. The number of rotatable bonds is 5.